The van der Waals surface area contributed by atoms with E-state index in [2.05, 4.69) is 46.5 Å². The molecule has 0 spiro atoms. The van der Waals surface area contributed by atoms with Gasteiger partial charge in [0.05, 0.1) is 5.69 Å². The zero-order valence-corrected chi connectivity index (χ0v) is 15.4. The van der Waals surface area contributed by atoms with Gasteiger partial charge >= 0.3 is 0 Å². The average molecular weight is 347 g/mol. The number of piperidine rings is 1. The van der Waals surface area contributed by atoms with Crippen LogP contribution in [0.1, 0.15) is 30.4 Å². The number of likely N-dealkylation sites (tertiary alicyclic amines) is 1. The molecule has 1 aromatic carbocycles. The average Bonchev–Trinajstić information content (AvgIpc) is 2.95. The lowest BCUT2D eigenvalue weighted by molar-refractivity contribution is 0.119. The van der Waals surface area contributed by atoms with E-state index in [0.29, 0.717) is 12.1 Å². The monoisotopic (exact) mass is 346 g/mol. The highest BCUT2D eigenvalue weighted by Crippen LogP contribution is 2.27. The first kappa shape index (κ1) is 17.5. The molecule has 1 N–H and O–H groups in total. The van der Waals surface area contributed by atoms with Crippen LogP contribution >= 0.6 is 12.4 Å². The van der Waals surface area contributed by atoms with E-state index in [1.165, 1.54) is 54.7 Å². The molecule has 2 aliphatic rings. The molecule has 2 bridgehead atoms. The van der Waals surface area contributed by atoms with E-state index in [-0.39, 0.29) is 12.4 Å². The molecule has 4 nitrogen and oxygen atoms in total. The smallest absolute Gasteiger partial charge is 0.0682 e. The predicted octanol–water partition coefficient (Wildman–Crippen LogP) is 3.14. The van der Waals surface area contributed by atoms with Crippen molar-refractivity contribution in [2.45, 2.75) is 44.8 Å². The first-order valence-electron chi connectivity index (χ1n) is 8.75. The molecule has 1 aromatic heterocycles. The van der Waals surface area contributed by atoms with Gasteiger partial charge < -0.3 is 5.32 Å². The molecule has 4 rings (SSSR count). The first-order valence-corrected chi connectivity index (χ1v) is 8.75. The molecule has 2 fully saturated rings. The number of benzene rings is 1. The quantitative estimate of drug-likeness (QED) is 0.926. The zero-order chi connectivity index (χ0) is 15.8. The summed E-state index contributed by atoms with van der Waals surface area (Å²) in [6.07, 6.45) is 5.93. The molecule has 5 heteroatoms. The number of rotatable bonds is 3. The maximum absolute atomic E-state index is 4.35. The Morgan fingerprint density at radius 3 is 2.58 bits per heavy atom. The van der Waals surface area contributed by atoms with Crippen LogP contribution < -0.4 is 5.32 Å². The van der Waals surface area contributed by atoms with E-state index in [4.69, 9.17) is 0 Å². The minimum Gasteiger partial charge on any atom is -0.309 e. The summed E-state index contributed by atoms with van der Waals surface area (Å²) in [5, 5.41) is 8.12. The molecule has 2 aliphatic heterocycles. The SMILES string of the molecule is Cc1ccc(CN2CC3CCCC(C2)N3)c(-c2ccnn2C)c1.Cl. The van der Waals surface area contributed by atoms with E-state index >= 15 is 0 Å². The molecule has 0 saturated carbocycles. The molecule has 0 aliphatic carbocycles. The van der Waals surface area contributed by atoms with Crippen molar-refractivity contribution in [3.63, 3.8) is 0 Å². The first-order chi connectivity index (χ1) is 11.2. The summed E-state index contributed by atoms with van der Waals surface area (Å²) in [5.74, 6) is 0. The minimum absolute atomic E-state index is 0. The summed E-state index contributed by atoms with van der Waals surface area (Å²) in [6.45, 7) is 5.55. The molecule has 24 heavy (non-hydrogen) atoms. The molecule has 0 amide bonds. The van der Waals surface area contributed by atoms with E-state index in [1.807, 2.05) is 17.9 Å². The Labute approximate surface area is 150 Å². The summed E-state index contributed by atoms with van der Waals surface area (Å²) in [6, 6.07) is 10.3. The Hall–Kier alpha value is -1.36. The van der Waals surface area contributed by atoms with Crippen LogP contribution in [-0.2, 0) is 13.6 Å². The lowest BCUT2D eigenvalue weighted by Crippen LogP contribution is -2.58. The third kappa shape index (κ3) is 3.51. The summed E-state index contributed by atoms with van der Waals surface area (Å²) >= 11 is 0. The van der Waals surface area contributed by atoms with Gasteiger partial charge in [0.2, 0.25) is 0 Å². The van der Waals surface area contributed by atoms with Gasteiger partial charge in [0.25, 0.3) is 0 Å². The van der Waals surface area contributed by atoms with E-state index < -0.39 is 0 Å². The van der Waals surface area contributed by atoms with Crippen LogP contribution in [0, 0.1) is 6.92 Å². The third-order valence-corrected chi connectivity index (χ3v) is 5.29. The van der Waals surface area contributed by atoms with Crippen LogP contribution in [0.25, 0.3) is 11.3 Å². The minimum atomic E-state index is 0. The van der Waals surface area contributed by atoms with Crippen molar-refractivity contribution in [2.75, 3.05) is 13.1 Å². The number of hydrogen-bond acceptors (Lipinski definition) is 3. The van der Waals surface area contributed by atoms with Crippen LogP contribution in [0.4, 0.5) is 0 Å². The van der Waals surface area contributed by atoms with Gasteiger partial charge in [-0.2, -0.15) is 5.10 Å². The van der Waals surface area contributed by atoms with Gasteiger partial charge in [-0.3, -0.25) is 9.58 Å². The molecule has 130 valence electrons. The second-order valence-electron chi connectivity index (χ2n) is 7.19. The lowest BCUT2D eigenvalue weighted by atomic mass is 9.93. The predicted molar refractivity (Wildman–Crippen MR) is 100 cm³/mol. The summed E-state index contributed by atoms with van der Waals surface area (Å²) in [7, 11) is 2.02. The molecule has 0 radical (unpaired) electrons. The van der Waals surface area contributed by atoms with Gasteiger partial charge in [0, 0.05) is 50.5 Å². The van der Waals surface area contributed by atoms with Gasteiger partial charge in [0.1, 0.15) is 0 Å². The maximum atomic E-state index is 4.35. The number of nitrogens with one attached hydrogen (secondary N) is 1. The second-order valence-corrected chi connectivity index (χ2v) is 7.19. The number of nitrogens with zero attached hydrogens (tertiary/aromatic N) is 3. The maximum Gasteiger partial charge on any atom is 0.0682 e. The van der Waals surface area contributed by atoms with Gasteiger partial charge in [-0.05, 0) is 37.5 Å². The van der Waals surface area contributed by atoms with E-state index in [9.17, 15) is 0 Å². The fourth-order valence-corrected chi connectivity index (χ4v) is 4.17. The van der Waals surface area contributed by atoms with E-state index in [1.54, 1.807) is 0 Å². The molecular weight excluding hydrogens is 320 g/mol. The Bertz CT molecular complexity index is 684. The number of hydrogen-bond donors (Lipinski definition) is 1. The normalized spacial score (nSPS) is 23.8. The molecule has 2 saturated heterocycles. The Kier molecular flexibility index (Phi) is 5.28. The molecule has 2 atom stereocenters. The Morgan fingerprint density at radius 2 is 1.92 bits per heavy atom. The van der Waals surface area contributed by atoms with Crippen molar-refractivity contribution >= 4 is 12.4 Å². The van der Waals surface area contributed by atoms with Crippen LogP contribution in [0.2, 0.25) is 0 Å². The standard InChI is InChI=1S/C19H26N4.ClH/c1-14-6-7-15(18(10-14)19-8-9-20-22(19)2)11-23-12-16-4-3-5-17(13-23)21-16;/h6-10,16-17,21H,3-5,11-13H2,1-2H3;1H. The highest BCUT2D eigenvalue weighted by molar-refractivity contribution is 5.85. The highest BCUT2D eigenvalue weighted by Gasteiger charge is 2.29. The largest absolute Gasteiger partial charge is 0.309 e. The number of halogens is 1. The topological polar surface area (TPSA) is 33.1 Å². The summed E-state index contributed by atoms with van der Waals surface area (Å²) in [5.41, 5.74) is 5.26. The van der Waals surface area contributed by atoms with Gasteiger partial charge in [-0.1, -0.05) is 24.1 Å². The van der Waals surface area contributed by atoms with Gasteiger partial charge in [0.15, 0.2) is 0 Å². The Balaban J connectivity index is 0.00000169. The fourth-order valence-electron chi connectivity index (χ4n) is 4.17. The molecular formula is C19H27ClN4. The fraction of sp³-hybridized carbons (Fsp3) is 0.526. The molecule has 2 unspecified atom stereocenters. The zero-order valence-electron chi connectivity index (χ0n) is 14.5. The van der Waals surface area contributed by atoms with E-state index in [0.717, 1.165) is 6.54 Å². The summed E-state index contributed by atoms with van der Waals surface area (Å²) in [4.78, 5) is 2.63. The van der Waals surface area contributed by atoms with Crippen molar-refractivity contribution in [2.24, 2.45) is 7.05 Å². The van der Waals surface area contributed by atoms with Crippen LogP contribution in [-0.4, -0.2) is 39.9 Å². The molecule has 2 aromatic rings. The third-order valence-electron chi connectivity index (χ3n) is 5.29. The van der Waals surface area contributed by atoms with Crippen molar-refractivity contribution in [1.29, 1.82) is 0 Å². The van der Waals surface area contributed by atoms with Crippen LogP contribution in [0.5, 0.6) is 0 Å². The highest BCUT2D eigenvalue weighted by atomic mass is 35.5. The van der Waals surface area contributed by atoms with Crippen LogP contribution in [0.15, 0.2) is 30.5 Å². The van der Waals surface area contributed by atoms with Crippen molar-refractivity contribution in [1.82, 2.24) is 20.0 Å². The van der Waals surface area contributed by atoms with Gasteiger partial charge in [-0.15, -0.1) is 12.4 Å². The summed E-state index contributed by atoms with van der Waals surface area (Å²) < 4.78 is 1.98. The van der Waals surface area contributed by atoms with Crippen molar-refractivity contribution < 1.29 is 0 Å². The molecule has 3 heterocycles. The number of aryl methyl sites for hydroxylation is 2. The van der Waals surface area contributed by atoms with Crippen LogP contribution in [0.3, 0.4) is 0 Å². The van der Waals surface area contributed by atoms with Crippen molar-refractivity contribution in [3.05, 3.63) is 41.6 Å². The lowest BCUT2D eigenvalue weighted by Gasteiger charge is -2.42. The van der Waals surface area contributed by atoms with Gasteiger partial charge in [-0.25, -0.2) is 0 Å². The number of aromatic nitrogens is 2. The number of fused-ring (bicyclic) bond motifs is 2. The van der Waals surface area contributed by atoms with Crippen molar-refractivity contribution in [3.8, 4) is 11.3 Å². The second kappa shape index (κ2) is 7.26. The number of piperazine rings is 1. The Morgan fingerprint density at radius 1 is 1.17 bits per heavy atom.